The number of amides is 1. The molecule has 1 aliphatic heterocycles. The van der Waals surface area contributed by atoms with Crippen molar-refractivity contribution >= 4 is 5.91 Å². The molecule has 1 amide bonds. The number of rotatable bonds is 6. The first-order valence-electron chi connectivity index (χ1n) is 7.02. The highest BCUT2D eigenvalue weighted by Gasteiger charge is 2.24. The minimum Gasteiger partial charge on any atom is -0.303 e. The highest BCUT2D eigenvalue weighted by molar-refractivity contribution is 5.75. The van der Waals surface area contributed by atoms with E-state index in [9.17, 15) is 4.79 Å². The molecule has 0 saturated carbocycles. The second kappa shape index (κ2) is 7.71. The van der Waals surface area contributed by atoms with Crippen LogP contribution in [0.3, 0.4) is 0 Å². The second-order valence-corrected chi connectivity index (χ2v) is 5.29. The zero-order valence-electron chi connectivity index (χ0n) is 12.0. The van der Waals surface area contributed by atoms with E-state index in [0.717, 1.165) is 13.0 Å². The molecule has 18 heavy (non-hydrogen) atoms. The molecule has 5 nitrogen and oxygen atoms in total. The van der Waals surface area contributed by atoms with Crippen LogP contribution < -0.4 is 11.3 Å². The lowest BCUT2D eigenvalue weighted by molar-refractivity contribution is -0.121. The van der Waals surface area contributed by atoms with Crippen molar-refractivity contribution < 1.29 is 4.79 Å². The smallest absolute Gasteiger partial charge is 0.233 e. The molecule has 0 radical (unpaired) electrons. The molecule has 1 heterocycles. The van der Waals surface area contributed by atoms with E-state index in [1.54, 1.807) is 0 Å². The summed E-state index contributed by atoms with van der Waals surface area (Å²) in [5.41, 5.74) is 2.19. The van der Waals surface area contributed by atoms with E-state index in [1.165, 1.54) is 25.9 Å². The van der Waals surface area contributed by atoms with E-state index >= 15 is 0 Å². The quantitative estimate of drug-likeness (QED) is 0.414. The Bertz CT molecular complexity index is 251. The van der Waals surface area contributed by atoms with Crippen LogP contribution in [0, 0.1) is 0 Å². The van der Waals surface area contributed by atoms with Crippen LogP contribution in [0.25, 0.3) is 0 Å². The average Bonchev–Trinajstić information content (AvgIpc) is 2.43. The Morgan fingerprint density at radius 3 is 2.61 bits per heavy atom. The third-order valence-electron chi connectivity index (χ3n) is 4.23. The molecule has 0 aromatic carbocycles. The van der Waals surface area contributed by atoms with Gasteiger partial charge in [0.1, 0.15) is 0 Å². The average molecular weight is 256 g/mol. The summed E-state index contributed by atoms with van der Waals surface area (Å²) < 4.78 is 0. The lowest BCUT2D eigenvalue weighted by atomic mass is 10.0. The molecule has 0 aromatic rings. The number of nitrogens with one attached hydrogen (secondary N) is 1. The van der Waals surface area contributed by atoms with Gasteiger partial charge in [-0.05, 0) is 52.9 Å². The van der Waals surface area contributed by atoms with Crippen LogP contribution in [0.5, 0.6) is 0 Å². The molecule has 1 saturated heterocycles. The highest BCUT2D eigenvalue weighted by Crippen LogP contribution is 2.18. The normalized spacial score (nSPS) is 20.1. The van der Waals surface area contributed by atoms with Crippen LogP contribution >= 0.6 is 0 Å². The minimum absolute atomic E-state index is 0.0731. The van der Waals surface area contributed by atoms with Gasteiger partial charge in [-0.3, -0.25) is 10.2 Å². The fraction of sp³-hybridized carbons (Fsp3) is 0.923. The Morgan fingerprint density at radius 1 is 1.50 bits per heavy atom. The Hall–Kier alpha value is -0.650. The first-order valence-corrected chi connectivity index (χ1v) is 7.02. The summed E-state index contributed by atoms with van der Waals surface area (Å²) in [6, 6.07) is 1.09. The van der Waals surface area contributed by atoms with Gasteiger partial charge in [0.15, 0.2) is 0 Å². The van der Waals surface area contributed by atoms with Gasteiger partial charge in [-0.15, -0.1) is 0 Å². The maximum Gasteiger partial charge on any atom is 0.233 e. The van der Waals surface area contributed by atoms with Gasteiger partial charge >= 0.3 is 0 Å². The Labute approximate surface area is 111 Å². The van der Waals surface area contributed by atoms with Crippen molar-refractivity contribution in [1.29, 1.82) is 0 Å². The van der Waals surface area contributed by atoms with E-state index in [4.69, 9.17) is 5.84 Å². The molecule has 1 atom stereocenters. The van der Waals surface area contributed by atoms with Gasteiger partial charge in [0.2, 0.25) is 5.91 Å². The van der Waals surface area contributed by atoms with Crippen molar-refractivity contribution in [1.82, 2.24) is 15.2 Å². The van der Waals surface area contributed by atoms with Crippen molar-refractivity contribution in [2.75, 3.05) is 26.7 Å². The number of nitrogens with zero attached hydrogens (tertiary/aromatic N) is 2. The zero-order valence-corrected chi connectivity index (χ0v) is 12.0. The number of piperidine rings is 1. The number of hydrogen-bond acceptors (Lipinski definition) is 4. The summed E-state index contributed by atoms with van der Waals surface area (Å²) in [6.07, 6.45) is 3.85. The molecular formula is C13H28N4O. The lowest BCUT2D eigenvalue weighted by Crippen LogP contribution is -2.46. The fourth-order valence-electron chi connectivity index (χ4n) is 2.62. The summed E-state index contributed by atoms with van der Waals surface area (Å²) >= 11 is 0. The Balaban J connectivity index is 2.30. The summed E-state index contributed by atoms with van der Waals surface area (Å²) in [4.78, 5) is 16.1. The van der Waals surface area contributed by atoms with Crippen LogP contribution in [-0.4, -0.2) is 54.5 Å². The van der Waals surface area contributed by atoms with Crippen molar-refractivity contribution in [3.05, 3.63) is 0 Å². The number of carbonyl (C=O) groups is 1. The summed E-state index contributed by atoms with van der Waals surface area (Å²) in [5.74, 6) is 5.02. The molecule has 1 fully saturated rings. The van der Waals surface area contributed by atoms with E-state index < -0.39 is 0 Å². The topological polar surface area (TPSA) is 61.6 Å². The first kappa shape index (κ1) is 15.4. The van der Waals surface area contributed by atoms with Crippen LogP contribution in [0.4, 0.5) is 0 Å². The van der Waals surface area contributed by atoms with Gasteiger partial charge in [-0.1, -0.05) is 6.92 Å². The van der Waals surface area contributed by atoms with Gasteiger partial charge in [0.05, 0.1) is 0 Å². The standard InChI is InChI=1S/C13H28N4O/c1-4-17-9-7-12(8-10-17)16(3)11(2)5-6-13(18)15-14/h11-12H,4-10,14H2,1-3H3,(H,15,18). The fourth-order valence-corrected chi connectivity index (χ4v) is 2.62. The van der Waals surface area contributed by atoms with Crippen molar-refractivity contribution in [2.24, 2.45) is 5.84 Å². The number of carbonyl (C=O) groups excluding carboxylic acids is 1. The van der Waals surface area contributed by atoms with E-state index in [1.807, 2.05) is 0 Å². The minimum atomic E-state index is -0.0731. The number of hydrogen-bond donors (Lipinski definition) is 2. The molecule has 5 heteroatoms. The first-order chi connectivity index (χ1) is 8.58. The molecule has 0 spiro atoms. The molecule has 0 aliphatic carbocycles. The molecule has 0 bridgehead atoms. The van der Waals surface area contributed by atoms with Crippen LogP contribution in [0.1, 0.15) is 39.5 Å². The third-order valence-corrected chi connectivity index (χ3v) is 4.23. The van der Waals surface area contributed by atoms with E-state index in [2.05, 4.69) is 36.1 Å². The maximum absolute atomic E-state index is 11.1. The van der Waals surface area contributed by atoms with Gasteiger partial charge in [-0.25, -0.2) is 5.84 Å². The van der Waals surface area contributed by atoms with E-state index in [0.29, 0.717) is 18.5 Å². The molecule has 0 aromatic heterocycles. The maximum atomic E-state index is 11.1. The second-order valence-electron chi connectivity index (χ2n) is 5.29. The van der Waals surface area contributed by atoms with Gasteiger partial charge in [0, 0.05) is 18.5 Å². The number of hydrazine groups is 1. The van der Waals surface area contributed by atoms with Gasteiger partial charge in [0.25, 0.3) is 0 Å². The molecule has 1 rings (SSSR count). The Morgan fingerprint density at radius 2 is 2.11 bits per heavy atom. The zero-order chi connectivity index (χ0) is 13.5. The van der Waals surface area contributed by atoms with Crippen molar-refractivity contribution in [3.8, 4) is 0 Å². The molecule has 1 unspecified atom stereocenters. The monoisotopic (exact) mass is 256 g/mol. The third kappa shape index (κ3) is 4.55. The summed E-state index contributed by atoms with van der Waals surface area (Å²) in [5, 5.41) is 0. The molecule has 1 aliphatic rings. The van der Waals surface area contributed by atoms with Crippen LogP contribution in [-0.2, 0) is 4.79 Å². The van der Waals surface area contributed by atoms with Crippen molar-refractivity contribution in [2.45, 2.75) is 51.6 Å². The van der Waals surface area contributed by atoms with Crippen molar-refractivity contribution in [3.63, 3.8) is 0 Å². The van der Waals surface area contributed by atoms with Crippen LogP contribution in [0.15, 0.2) is 0 Å². The SMILES string of the molecule is CCN1CCC(N(C)C(C)CCC(=O)NN)CC1. The lowest BCUT2D eigenvalue weighted by Gasteiger charge is -2.39. The van der Waals surface area contributed by atoms with E-state index in [-0.39, 0.29) is 5.91 Å². The predicted molar refractivity (Wildman–Crippen MR) is 73.9 cm³/mol. The highest BCUT2D eigenvalue weighted by atomic mass is 16.2. The molecular weight excluding hydrogens is 228 g/mol. The molecule has 3 N–H and O–H groups in total. The number of likely N-dealkylation sites (tertiary alicyclic amines) is 1. The molecule has 106 valence electrons. The summed E-state index contributed by atoms with van der Waals surface area (Å²) in [6.45, 7) is 7.96. The number of nitrogens with two attached hydrogens (primary N) is 1. The van der Waals surface area contributed by atoms with Gasteiger partial charge < -0.3 is 9.80 Å². The largest absolute Gasteiger partial charge is 0.303 e. The van der Waals surface area contributed by atoms with Gasteiger partial charge in [-0.2, -0.15) is 0 Å². The predicted octanol–water partition coefficient (Wildman–Crippen LogP) is 0.561. The summed E-state index contributed by atoms with van der Waals surface area (Å²) in [7, 11) is 2.18. The van der Waals surface area contributed by atoms with Crippen LogP contribution in [0.2, 0.25) is 0 Å². The Kier molecular flexibility index (Phi) is 6.60.